The van der Waals surface area contributed by atoms with Crippen LogP contribution in [0.5, 0.6) is 0 Å². The van der Waals surface area contributed by atoms with Crippen molar-refractivity contribution >= 4 is 5.91 Å². The molecule has 0 aromatic carbocycles. The minimum Gasteiger partial charge on any atom is -0.378 e. The van der Waals surface area contributed by atoms with Gasteiger partial charge < -0.3 is 15.4 Å². The fourth-order valence-corrected chi connectivity index (χ4v) is 2.11. The number of amides is 1. The van der Waals surface area contributed by atoms with Gasteiger partial charge in [0, 0.05) is 12.6 Å². The standard InChI is InChI=1S/C10H18N2O2/c13-10(9-7-14-6-5-11-9)12-8-3-1-2-4-8/h8-9,11H,1-7H2,(H,12,13)/t9-/m1/s1. The molecule has 1 aliphatic carbocycles. The Morgan fingerprint density at radius 2 is 2.14 bits per heavy atom. The lowest BCUT2D eigenvalue weighted by Crippen LogP contribution is -2.52. The molecule has 14 heavy (non-hydrogen) atoms. The first-order chi connectivity index (χ1) is 6.86. The summed E-state index contributed by atoms with van der Waals surface area (Å²) in [6, 6.07) is 0.274. The lowest BCUT2D eigenvalue weighted by molar-refractivity contribution is -0.126. The summed E-state index contributed by atoms with van der Waals surface area (Å²) in [7, 11) is 0. The predicted octanol–water partition coefficient (Wildman–Crippen LogP) is 0.0336. The number of nitrogens with one attached hydrogen (secondary N) is 2. The lowest BCUT2D eigenvalue weighted by Gasteiger charge is -2.24. The van der Waals surface area contributed by atoms with Gasteiger partial charge in [-0.2, -0.15) is 0 Å². The Bertz CT molecular complexity index is 196. The largest absolute Gasteiger partial charge is 0.378 e. The van der Waals surface area contributed by atoms with Crippen LogP contribution < -0.4 is 10.6 Å². The van der Waals surface area contributed by atoms with E-state index < -0.39 is 0 Å². The highest BCUT2D eigenvalue weighted by molar-refractivity contribution is 5.82. The van der Waals surface area contributed by atoms with Crippen molar-refractivity contribution in [2.45, 2.75) is 37.8 Å². The Morgan fingerprint density at radius 3 is 2.79 bits per heavy atom. The van der Waals surface area contributed by atoms with E-state index in [1.807, 2.05) is 0 Å². The van der Waals surface area contributed by atoms with Gasteiger partial charge in [-0.25, -0.2) is 0 Å². The Labute approximate surface area is 84.4 Å². The van der Waals surface area contributed by atoms with Crippen LogP contribution in [-0.4, -0.2) is 37.7 Å². The molecule has 4 nitrogen and oxygen atoms in total. The molecule has 2 fully saturated rings. The van der Waals surface area contributed by atoms with Crippen LogP contribution in [0.3, 0.4) is 0 Å². The molecule has 2 aliphatic rings. The normalized spacial score (nSPS) is 29.0. The van der Waals surface area contributed by atoms with Gasteiger partial charge in [-0.05, 0) is 12.8 Å². The van der Waals surface area contributed by atoms with E-state index in [2.05, 4.69) is 10.6 Å². The Hall–Kier alpha value is -0.610. The molecule has 0 radical (unpaired) electrons. The predicted molar refractivity (Wildman–Crippen MR) is 53.0 cm³/mol. The fraction of sp³-hybridized carbons (Fsp3) is 0.900. The summed E-state index contributed by atoms with van der Waals surface area (Å²) in [5.74, 6) is 0.108. The monoisotopic (exact) mass is 198 g/mol. The Morgan fingerprint density at radius 1 is 1.36 bits per heavy atom. The van der Waals surface area contributed by atoms with E-state index in [0.29, 0.717) is 19.3 Å². The van der Waals surface area contributed by atoms with Gasteiger partial charge in [0.2, 0.25) is 5.91 Å². The number of carbonyl (C=O) groups excluding carboxylic acids is 1. The maximum Gasteiger partial charge on any atom is 0.239 e. The van der Waals surface area contributed by atoms with Gasteiger partial charge in [0.05, 0.1) is 13.2 Å². The van der Waals surface area contributed by atoms with Gasteiger partial charge in [-0.3, -0.25) is 4.79 Å². The molecule has 1 saturated heterocycles. The van der Waals surface area contributed by atoms with Crippen molar-refractivity contribution in [1.29, 1.82) is 0 Å². The van der Waals surface area contributed by atoms with Crippen molar-refractivity contribution in [2.75, 3.05) is 19.8 Å². The first-order valence-corrected chi connectivity index (χ1v) is 5.48. The van der Waals surface area contributed by atoms with E-state index in [-0.39, 0.29) is 11.9 Å². The highest BCUT2D eigenvalue weighted by Crippen LogP contribution is 2.17. The molecule has 0 aromatic heterocycles. The van der Waals surface area contributed by atoms with Gasteiger partial charge in [0.25, 0.3) is 0 Å². The fourth-order valence-electron chi connectivity index (χ4n) is 2.11. The maximum atomic E-state index is 11.7. The SMILES string of the molecule is O=C(NC1CCCC1)[C@H]1COCCN1. The molecule has 4 heteroatoms. The zero-order valence-corrected chi connectivity index (χ0v) is 8.42. The summed E-state index contributed by atoms with van der Waals surface area (Å²) in [4.78, 5) is 11.7. The molecule has 80 valence electrons. The molecule has 0 bridgehead atoms. The van der Waals surface area contributed by atoms with E-state index in [9.17, 15) is 4.79 Å². The second-order valence-corrected chi connectivity index (χ2v) is 4.07. The molecular formula is C10H18N2O2. The summed E-state index contributed by atoms with van der Waals surface area (Å²) in [5, 5.41) is 6.22. The zero-order chi connectivity index (χ0) is 9.80. The van der Waals surface area contributed by atoms with Crippen LogP contribution in [0.1, 0.15) is 25.7 Å². The van der Waals surface area contributed by atoms with E-state index in [1.165, 1.54) is 12.8 Å². The molecule has 0 unspecified atom stereocenters. The summed E-state index contributed by atoms with van der Waals surface area (Å²) >= 11 is 0. The van der Waals surface area contributed by atoms with Crippen LogP contribution in [0.4, 0.5) is 0 Å². The summed E-state index contributed by atoms with van der Waals surface area (Å²) < 4.78 is 5.24. The smallest absolute Gasteiger partial charge is 0.239 e. The van der Waals surface area contributed by atoms with Crippen molar-refractivity contribution in [3.05, 3.63) is 0 Å². The van der Waals surface area contributed by atoms with Crippen molar-refractivity contribution in [2.24, 2.45) is 0 Å². The van der Waals surface area contributed by atoms with E-state index in [4.69, 9.17) is 4.74 Å². The lowest BCUT2D eigenvalue weighted by atomic mass is 10.2. The number of carbonyl (C=O) groups is 1. The third-order valence-corrected chi connectivity index (χ3v) is 2.94. The molecule has 1 heterocycles. The van der Waals surface area contributed by atoms with Crippen molar-refractivity contribution in [3.63, 3.8) is 0 Å². The van der Waals surface area contributed by atoms with Gasteiger partial charge in [0.1, 0.15) is 6.04 Å². The third-order valence-electron chi connectivity index (χ3n) is 2.94. The molecule has 2 N–H and O–H groups in total. The quantitative estimate of drug-likeness (QED) is 0.658. The van der Waals surface area contributed by atoms with E-state index >= 15 is 0 Å². The second kappa shape index (κ2) is 4.75. The Balaban J connectivity index is 1.75. The number of ether oxygens (including phenoxy) is 1. The molecule has 1 atom stereocenters. The molecule has 1 saturated carbocycles. The zero-order valence-electron chi connectivity index (χ0n) is 8.42. The molecular weight excluding hydrogens is 180 g/mol. The summed E-state index contributed by atoms with van der Waals surface area (Å²) in [6.07, 6.45) is 4.78. The minimum atomic E-state index is -0.135. The first-order valence-electron chi connectivity index (χ1n) is 5.48. The molecule has 2 rings (SSSR count). The van der Waals surface area contributed by atoms with E-state index in [0.717, 1.165) is 19.4 Å². The van der Waals surface area contributed by atoms with Crippen molar-refractivity contribution in [1.82, 2.24) is 10.6 Å². The molecule has 0 spiro atoms. The average molecular weight is 198 g/mol. The minimum absolute atomic E-state index is 0.108. The maximum absolute atomic E-state index is 11.7. The van der Waals surface area contributed by atoms with Crippen LogP contribution in [0, 0.1) is 0 Å². The topological polar surface area (TPSA) is 50.4 Å². The molecule has 1 aliphatic heterocycles. The molecule has 0 aromatic rings. The van der Waals surface area contributed by atoms with Crippen LogP contribution in [0.25, 0.3) is 0 Å². The van der Waals surface area contributed by atoms with Crippen molar-refractivity contribution < 1.29 is 9.53 Å². The second-order valence-electron chi connectivity index (χ2n) is 4.07. The highest BCUT2D eigenvalue weighted by atomic mass is 16.5. The Kier molecular flexibility index (Phi) is 3.37. The van der Waals surface area contributed by atoms with Crippen LogP contribution in [0.15, 0.2) is 0 Å². The van der Waals surface area contributed by atoms with Crippen molar-refractivity contribution in [3.8, 4) is 0 Å². The van der Waals surface area contributed by atoms with Gasteiger partial charge in [-0.1, -0.05) is 12.8 Å². The van der Waals surface area contributed by atoms with Crippen LogP contribution >= 0.6 is 0 Å². The summed E-state index contributed by atoms with van der Waals surface area (Å²) in [5.41, 5.74) is 0. The number of hydrogen-bond acceptors (Lipinski definition) is 3. The first kappa shape index (κ1) is 9.93. The number of hydrogen-bond donors (Lipinski definition) is 2. The van der Waals surface area contributed by atoms with Crippen LogP contribution in [-0.2, 0) is 9.53 Å². The van der Waals surface area contributed by atoms with Gasteiger partial charge >= 0.3 is 0 Å². The molecule has 1 amide bonds. The highest BCUT2D eigenvalue weighted by Gasteiger charge is 2.24. The number of rotatable bonds is 2. The van der Waals surface area contributed by atoms with Crippen LogP contribution in [0.2, 0.25) is 0 Å². The number of morpholine rings is 1. The summed E-state index contributed by atoms with van der Waals surface area (Å²) in [6.45, 7) is 2.01. The van der Waals surface area contributed by atoms with Gasteiger partial charge in [0.15, 0.2) is 0 Å². The average Bonchev–Trinajstić information content (AvgIpc) is 2.72. The van der Waals surface area contributed by atoms with Gasteiger partial charge in [-0.15, -0.1) is 0 Å². The van der Waals surface area contributed by atoms with E-state index in [1.54, 1.807) is 0 Å². The third kappa shape index (κ3) is 2.45.